The number of carboxylic acid groups (broad SMARTS) is 1. The zero-order valence-electron chi connectivity index (χ0n) is 20.8. The second-order valence-electron chi connectivity index (χ2n) is 9.33. The Morgan fingerprint density at radius 1 is 0.811 bits per heavy atom. The number of hydrogen-bond acceptors (Lipinski definition) is 4. The molecule has 37 heavy (non-hydrogen) atoms. The van der Waals surface area contributed by atoms with Crippen molar-refractivity contribution in [3.05, 3.63) is 96.1 Å². The van der Waals surface area contributed by atoms with E-state index < -0.39 is 30.1 Å². The summed E-state index contributed by atoms with van der Waals surface area (Å²) in [4.78, 5) is 37.9. The fourth-order valence-electron chi connectivity index (χ4n) is 4.42. The van der Waals surface area contributed by atoms with E-state index in [0.29, 0.717) is 0 Å². The molecule has 0 aliphatic rings. The number of carbonyl (C=O) groups excluding carboxylic acids is 2. The fourth-order valence-corrected chi connectivity index (χ4v) is 4.42. The summed E-state index contributed by atoms with van der Waals surface area (Å²) >= 11 is 0. The molecule has 0 fully saturated rings. The maximum absolute atomic E-state index is 13.2. The van der Waals surface area contributed by atoms with Gasteiger partial charge in [0, 0.05) is 6.42 Å². The lowest BCUT2D eigenvalue weighted by Gasteiger charge is -2.24. The van der Waals surface area contributed by atoms with Crippen LogP contribution >= 0.6 is 0 Å². The molecule has 2 amide bonds. The number of rotatable bonds is 9. The van der Waals surface area contributed by atoms with E-state index in [1.165, 1.54) is 0 Å². The van der Waals surface area contributed by atoms with Gasteiger partial charge in [0.05, 0.1) is 0 Å². The fraction of sp³-hybridized carbons (Fsp3) is 0.233. The average molecular weight is 499 g/mol. The van der Waals surface area contributed by atoms with Crippen molar-refractivity contribution in [2.45, 2.75) is 39.0 Å². The summed E-state index contributed by atoms with van der Waals surface area (Å²) in [6, 6.07) is 24.7. The quantitative estimate of drug-likeness (QED) is 0.280. The lowest BCUT2D eigenvalue weighted by Crippen LogP contribution is -2.54. The van der Waals surface area contributed by atoms with Crippen LogP contribution in [0, 0.1) is 5.92 Å². The van der Waals surface area contributed by atoms with Gasteiger partial charge >= 0.3 is 12.1 Å². The topological polar surface area (TPSA) is 105 Å². The van der Waals surface area contributed by atoms with Gasteiger partial charge in [0.25, 0.3) is 0 Å². The SMILES string of the molecule is CC(C)[C@H](NC(=O)OCc1ccccc1)C(=O)N[C@H](Cc1c2ccccc2cc2ccccc12)C(=O)O. The summed E-state index contributed by atoms with van der Waals surface area (Å²) in [7, 11) is 0. The second kappa shape index (κ2) is 11.6. The van der Waals surface area contributed by atoms with Gasteiger partial charge in [0.1, 0.15) is 18.7 Å². The first-order valence-corrected chi connectivity index (χ1v) is 12.2. The number of hydrogen-bond donors (Lipinski definition) is 3. The Morgan fingerprint density at radius 2 is 1.38 bits per heavy atom. The molecule has 2 atom stereocenters. The summed E-state index contributed by atoms with van der Waals surface area (Å²) in [6.45, 7) is 3.61. The molecule has 0 saturated carbocycles. The summed E-state index contributed by atoms with van der Waals surface area (Å²) in [5, 5.41) is 19.1. The third-order valence-electron chi connectivity index (χ3n) is 6.34. The third kappa shape index (κ3) is 6.25. The number of carbonyl (C=O) groups is 3. The van der Waals surface area contributed by atoms with Gasteiger partial charge in [-0.15, -0.1) is 0 Å². The Hall–Kier alpha value is -4.39. The first-order valence-electron chi connectivity index (χ1n) is 12.2. The highest BCUT2D eigenvalue weighted by atomic mass is 16.5. The minimum Gasteiger partial charge on any atom is -0.480 e. The van der Waals surface area contributed by atoms with Gasteiger partial charge < -0.3 is 20.5 Å². The van der Waals surface area contributed by atoms with Crippen LogP contribution in [0.2, 0.25) is 0 Å². The summed E-state index contributed by atoms with van der Waals surface area (Å²) in [5.74, 6) is -2.03. The molecule has 0 aliphatic carbocycles. The second-order valence-corrected chi connectivity index (χ2v) is 9.33. The molecule has 0 aliphatic heterocycles. The molecule has 0 heterocycles. The van der Waals surface area contributed by atoms with Crippen molar-refractivity contribution in [1.82, 2.24) is 10.6 Å². The number of nitrogens with one attached hydrogen (secondary N) is 2. The smallest absolute Gasteiger partial charge is 0.408 e. The zero-order chi connectivity index (χ0) is 26.4. The van der Waals surface area contributed by atoms with E-state index in [2.05, 4.69) is 16.7 Å². The number of carboxylic acids is 1. The van der Waals surface area contributed by atoms with Crippen LogP contribution in [-0.2, 0) is 27.4 Å². The number of alkyl carbamates (subject to hydrolysis) is 1. The molecule has 0 aromatic heterocycles. The first kappa shape index (κ1) is 25.7. The monoisotopic (exact) mass is 498 g/mol. The Bertz CT molecular complexity index is 1360. The van der Waals surface area contributed by atoms with E-state index in [4.69, 9.17) is 4.74 Å². The van der Waals surface area contributed by atoms with E-state index in [0.717, 1.165) is 32.7 Å². The van der Waals surface area contributed by atoms with Crippen LogP contribution in [0.5, 0.6) is 0 Å². The maximum Gasteiger partial charge on any atom is 0.408 e. The van der Waals surface area contributed by atoms with Gasteiger partial charge in [0.15, 0.2) is 0 Å². The Labute approximate surface area is 215 Å². The van der Waals surface area contributed by atoms with E-state index >= 15 is 0 Å². The van der Waals surface area contributed by atoms with Crippen LogP contribution in [0.25, 0.3) is 21.5 Å². The molecule has 4 rings (SSSR count). The van der Waals surface area contributed by atoms with E-state index in [1.807, 2.05) is 78.9 Å². The molecule has 7 nitrogen and oxygen atoms in total. The molecule has 7 heteroatoms. The molecular weight excluding hydrogens is 468 g/mol. The van der Waals surface area contributed by atoms with Gasteiger partial charge in [0.2, 0.25) is 5.91 Å². The van der Waals surface area contributed by atoms with Crippen LogP contribution in [0.15, 0.2) is 84.9 Å². The Morgan fingerprint density at radius 3 is 1.95 bits per heavy atom. The molecule has 3 N–H and O–H groups in total. The maximum atomic E-state index is 13.2. The number of fused-ring (bicyclic) bond motifs is 2. The van der Waals surface area contributed by atoms with Crippen molar-refractivity contribution in [3.63, 3.8) is 0 Å². The zero-order valence-corrected chi connectivity index (χ0v) is 20.8. The lowest BCUT2D eigenvalue weighted by atomic mass is 9.92. The Balaban J connectivity index is 1.52. The van der Waals surface area contributed by atoms with Crippen molar-refractivity contribution in [1.29, 1.82) is 0 Å². The standard InChI is InChI=1S/C30H30N2O5/c1-19(2)27(32-30(36)37-18-20-10-4-3-5-11-20)28(33)31-26(29(34)35)17-25-23-14-8-6-12-21(23)16-22-13-7-9-15-24(22)25/h3-16,19,26-27H,17-18H2,1-2H3,(H,31,33)(H,32,36)(H,34,35)/t26-,27+/m1/s1. The predicted octanol–water partition coefficient (Wildman–Crippen LogP) is 5.06. The molecule has 0 spiro atoms. The summed E-state index contributed by atoms with van der Waals surface area (Å²) in [6.07, 6.45) is -0.656. The van der Waals surface area contributed by atoms with Gasteiger partial charge in [-0.2, -0.15) is 0 Å². The van der Waals surface area contributed by atoms with Crippen LogP contribution in [0.3, 0.4) is 0 Å². The number of amides is 2. The third-order valence-corrected chi connectivity index (χ3v) is 6.34. The van der Waals surface area contributed by atoms with E-state index in [-0.39, 0.29) is 18.9 Å². The summed E-state index contributed by atoms with van der Waals surface area (Å²) in [5.41, 5.74) is 1.66. The van der Waals surface area contributed by atoms with E-state index in [9.17, 15) is 19.5 Å². The number of benzene rings is 4. The lowest BCUT2D eigenvalue weighted by molar-refractivity contribution is -0.142. The Kier molecular flexibility index (Phi) is 8.03. The van der Waals surface area contributed by atoms with E-state index in [1.54, 1.807) is 13.8 Å². The van der Waals surface area contributed by atoms with Crippen LogP contribution < -0.4 is 10.6 Å². The number of ether oxygens (including phenoxy) is 1. The highest BCUT2D eigenvalue weighted by molar-refractivity contribution is 6.02. The van der Waals surface area contributed by atoms with Gasteiger partial charge in [-0.1, -0.05) is 92.7 Å². The molecule has 0 radical (unpaired) electrons. The first-order chi connectivity index (χ1) is 17.8. The van der Waals surface area contributed by atoms with Crippen LogP contribution in [0.4, 0.5) is 4.79 Å². The van der Waals surface area contributed by atoms with Crippen LogP contribution in [-0.4, -0.2) is 35.2 Å². The van der Waals surface area contributed by atoms with Gasteiger partial charge in [-0.3, -0.25) is 4.79 Å². The average Bonchev–Trinajstić information content (AvgIpc) is 2.90. The van der Waals surface area contributed by atoms with Gasteiger partial charge in [-0.25, -0.2) is 9.59 Å². The molecule has 0 bridgehead atoms. The highest BCUT2D eigenvalue weighted by Gasteiger charge is 2.30. The minimum atomic E-state index is -1.19. The van der Waals surface area contributed by atoms with Crippen molar-refractivity contribution in [2.24, 2.45) is 5.92 Å². The van der Waals surface area contributed by atoms with Crippen molar-refractivity contribution in [3.8, 4) is 0 Å². The molecule has 190 valence electrons. The normalized spacial score (nSPS) is 12.7. The summed E-state index contributed by atoms with van der Waals surface area (Å²) < 4.78 is 5.26. The molecular formula is C30H30N2O5. The van der Waals surface area contributed by atoms with Gasteiger partial charge in [-0.05, 0) is 44.7 Å². The van der Waals surface area contributed by atoms with Crippen molar-refractivity contribution < 1.29 is 24.2 Å². The predicted molar refractivity (Wildman–Crippen MR) is 143 cm³/mol. The molecule has 0 saturated heterocycles. The molecule has 0 unspecified atom stereocenters. The van der Waals surface area contributed by atoms with Crippen molar-refractivity contribution in [2.75, 3.05) is 0 Å². The van der Waals surface area contributed by atoms with Crippen LogP contribution in [0.1, 0.15) is 25.0 Å². The molecule has 4 aromatic carbocycles. The molecule has 4 aromatic rings. The minimum absolute atomic E-state index is 0.0605. The largest absolute Gasteiger partial charge is 0.480 e. The van der Waals surface area contributed by atoms with Crippen molar-refractivity contribution >= 4 is 39.5 Å². The number of aliphatic carboxylic acids is 1. The highest BCUT2D eigenvalue weighted by Crippen LogP contribution is 2.29.